The van der Waals surface area contributed by atoms with Gasteiger partial charge >= 0.3 is 5.97 Å². The summed E-state index contributed by atoms with van der Waals surface area (Å²) in [5, 5.41) is 0. The first-order valence-electron chi connectivity index (χ1n) is 6.40. The van der Waals surface area contributed by atoms with E-state index < -0.39 is 0 Å². The Morgan fingerprint density at radius 3 is 2.85 bits per heavy atom. The van der Waals surface area contributed by atoms with Crippen LogP contribution < -0.4 is 4.74 Å². The smallest absolute Gasteiger partial charge is 0.339 e. The van der Waals surface area contributed by atoms with E-state index >= 15 is 0 Å². The summed E-state index contributed by atoms with van der Waals surface area (Å²) >= 11 is 0. The summed E-state index contributed by atoms with van der Waals surface area (Å²) in [6, 6.07) is 15.2. The predicted octanol–water partition coefficient (Wildman–Crippen LogP) is 3.62. The Kier molecular flexibility index (Phi) is 3.25. The molecule has 1 aliphatic rings. The molecule has 1 unspecified atom stereocenters. The molecule has 0 radical (unpaired) electrons. The molecule has 2 aromatic carbocycles. The maximum atomic E-state index is 11.7. The standard InChI is InChI=1S/C17H14O3/c1-19-13-6-4-5-12(11-13)9-10-16-14-7-2-3-8-15(14)17(18)20-16/h2-11,16H,1H3. The summed E-state index contributed by atoms with van der Waals surface area (Å²) < 4.78 is 10.5. The van der Waals surface area contributed by atoms with Crippen LogP contribution in [0.5, 0.6) is 5.75 Å². The lowest BCUT2D eigenvalue weighted by atomic mass is 10.0. The van der Waals surface area contributed by atoms with E-state index in [9.17, 15) is 4.79 Å². The first kappa shape index (κ1) is 12.5. The van der Waals surface area contributed by atoms with Crippen LogP contribution in [0.3, 0.4) is 0 Å². The molecular weight excluding hydrogens is 252 g/mol. The molecule has 0 fully saturated rings. The van der Waals surface area contributed by atoms with Gasteiger partial charge in [0.1, 0.15) is 11.9 Å². The van der Waals surface area contributed by atoms with Crippen molar-refractivity contribution in [1.29, 1.82) is 0 Å². The van der Waals surface area contributed by atoms with Gasteiger partial charge in [0.25, 0.3) is 0 Å². The number of esters is 1. The van der Waals surface area contributed by atoms with E-state index in [2.05, 4.69) is 0 Å². The van der Waals surface area contributed by atoms with Crippen molar-refractivity contribution in [3.05, 3.63) is 71.3 Å². The van der Waals surface area contributed by atoms with E-state index in [0.29, 0.717) is 5.56 Å². The Hall–Kier alpha value is -2.55. The molecule has 1 aliphatic heterocycles. The maximum Gasteiger partial charge on any atom is 0.339 e. The number of carbonyl (C=O) groups excluding carboxylic acids is 1. The Bertz CT molecular complexity index is 673. The van der Waals surface area contributed by atoms with Crippen molar-refractivity contribution in [3.63, 3.8) is 0 Å². The minimum absolute atomic E-state index is 0.263. The first-order valence-corrected chi connectivity index (χ1v) is 6.40. The fourth-order valence-electron chi connectivity index (χ4n) is 2.26. The fraction of sp³-hybridized carbons (Fsp3) is 0.118. The fourth-order valence-corrected chi connectivity index (χ4v) is 2.26. The molecule has 1 heterocycles. The first-order chi connectivity index (χ1) is 9.78. The molecule has 20 heavy (non-hydrogen) atoms. The van der Waals surface area contributed by atoms with Crippen molar-refractivity contribution in [3.8, 4) is 5.75 Å². The molecule has 0 saturated carbocycles. The highest BCUT2D eigenvalue weighted by Gasteiger charge is 2.28. The van der Waals surface area contributed by atoms with Crippen LogP contribution in [-0.4, -0.2) is 13.1 Å². The van der Waals surface area contributed by atoms with Crippen LogP contribution in [0.1, 0.15) is 27.6 Å². The molecule has 0 spiro atoms. The second kappa shape index (κ2) is 5.21. The van der Waals surface area contributed by atoms with Gasteiger partial charge < -0.3 is 9.47 Å². The number of hydrogen-bond donors (Lipinski definition) is 0. The average molecular weight is 266 g/mol. The van der Waals surface area contributed by atoms with Crippen LogP contribution in [0, 0.1) is 0 Å². The normalized spacial score (nSPS) is 17.1. The molecule has 3 heteroatoms. The Morgan fingerprint density at radius 1 is 1.15 bits per heavy atom. The van der Waals surface area contributed by atoms with Crippen LogP contribution in [0.25, 0.3) is 6.08 Å². The van der Waals surface area contributed by atoms with Gasteiger partial charge in [-0.1, -0.05) is 36.4 Å². The van der Waals surface area contributed by atoms with Crippen LogP contribution in [0.2, 0.25) is 0 Å². The number of rotatable bonds is 3. The lowest BCUT2D eigenvalue weighted by Gasteiger charge is -2.05. The van der Waals surface area contributed by atoms with E-state index in [1.807, 2.05) is 54.6 Å². The molecule has 0 saturated heterocycles. The lowest BCUT2D eigenvalue weighted by Crippen LogP contribution is -1.95. The number of methoxy groups -OCH3 is 1. The number of fused-ring (bicyclic) bond motifs is 1. The number of cyclic esters (lactones) is 1. The van der Waals surface area contributed by atoms with Gasteiger partial charge in [-0.2, -0.15) is 0 Å². The Morgan fingerprint density at radius 2 is 2.00 bits per heavy atom. The second-order valence-electron chi connectivity index (χ2n) is 4.55. The highest BCUT2D eigenvalue weighted by atomic mass is 16.5. The monoisotopic (exact) mass is 266 g/mol. The van der Waals surface area contributed by atoms with Crippen LogP contribution in [0.15, 0.2) is 54.6 Å². The van der Waals surface area contributed by atoms with Gasteiger partial charge in [-0.15, -0.1) is 0 Å². The van der Waals surface area contributed by atoms with Gasteiger partial charge in [0.05, 0.1) is 12.7 Å². The van der Waals surface area contributed by atoms with Gasteiger partial charge in [0.15, 0.2) is 0 Å². The minimum Gasteiger partial charge on any atom is -0.497 e. The van der Waals surface area contributed by atoms with Crippen molar-refractivity contribution in [2.75, 3.05) is 7.11 Å². The summed E-state index contributed by atoms with van der Waals surface area (Å²) in [5.41, 5.74) is 2.56. The Balaban J connectivity index is 1.85. The van der Waals surface area contributed by atoms with E-state index in [4.69, 9.17) is 9.47 Å². The highest BCUT2D eigenvalue weighted by molar-refractivity contribution is 5.94. The van der Waals surface area contributed by atoms with Crippen LogP contribution in [0.4, 0.5) is 0 Å². The van der Waals surface area contributed by atoms with Gasteiger partial charge in [-0.3, -0.25) is 0 Å². The summed E-state index contributed by atoms with van der Waals surface area (Å²) in [4.78, 5) is 11.7. The van der Waals surface area contributed by atoms with E-state index in [1.165, 1.54) is 0 Å². The number of hydrogen-bond acceptors (Lipinski definition) is 3. The van der Waals surface area contributed by atoms with E-state index in [1.54, 1.807) is 13.2 Å². The van der Waals surface area contributed by atoms with E-state index in [0.717, 1.165) is 16.9 Å². The third-order valence-corrected chi connectivity index (χ3v) is 3.28. The molecular formula is C17H14O3. The molecule has 0 amide bonds. The van der Waals surface area contributed by atoms with Crippen molar-refractivity contribution in [2.24, 2.45) is 0 Å². The molecule has 0 aliphatic carbocycles. The molecule has 0 N–H and O–H groups in total. The van der Waals surface area contributed by atoms with Crippen molar-refractivity contribution < 1.29 is 14.3 Å². The maximum absolute atomic E-state index is 11.7. The topological polar surface area (TPSA) is 35.5 Å². The van der Waals surface area contributed by atoms with Crippen LogP contribution in [-0.2, 0) is 4.74 Å². The summed E-state index contributed by atoms with van der Waals surface area (Å²) in [6.07, 6.45) is 3.51. The number of ether oxygens (including phenoxy) is 2. The van der Waals surface area contributed by atoms with Crippen molar-refractivity contribution in [2.45, 2.75) is 6.10 Å². The zero-order valence-corrected chi connectivity index (χ0v) is 11.1. The van der Waals surface area contributed by atoms with Crippen molar-refractivity contribution in [1.82, 2.24) is 0 Å². The zero-order valence-electron chi connectivity index (χ0n) is 11.1. The number of carbonyl (C=O) groups is 1. The zero-order chi connectivity index (χ0) is 13.9. The van der Waals surface area contributed by atoms with Crippen LogP contribution >= 0.6 is 0 Å². The molecule has 100 valence electrons. The SMILES string of the molecule is COc1cccc(C=CC2OC(=O)c3ccccc32)c1. The van der Waals surface area contributed by atoms with E-state index in [-0.39, 0.29) is 12.1 Å². The molecule has 0 aromatic heterocycles. The predicted molar refractivity (Wildman–Crippen MR) is 76.6 cm³/mol. The summed E-state index contributed by atoms with van der Waals surface area (Å²) in [7, 11) is 1.64. The third kappa shape index (κ3) is 2.30. The number of benzene rings is 2. The summed E-state index contributed by atoms with van der Waals surface area (Å²) in [6.45, 7) is 0. The largest absolute Gasteiger partial charge is 0.497 e. The third-order valence-electron chi connectivity index (χ3n) is 3.28. The lowest BCUT2D eigenvalue weighted by molar-refractivity contribution is 0.0468. The Labute approximate surface area is 117 Å². The summed E-state index contributed by atoms with van der Waals surface area (Å²) in [5.74, 6) is 0.539. The quantitative estimate of drug-likeness (QED) is 0.796. The van der Waals surface area contributed by atoms with Gasteiger partial charge in [-0.05, 0) is 29.8 Å². The molecule has 3 nitrogen and oxygen atoms in total. The van der Waals surface area contributed by atoms with Gasteiger partial charge in [0, 0.05) is 5.56 Å². The van der Waals surface area contributed by atoms with Crippen molar-refractivity contribution >= 4 is 12.0 Å². The molecule has 2 aromatic rings. The van der Waals surface area contributed by atoms with Gasteiger partial charge in [-0.25, -0.2) is 4.79 Å². The minimum atomic E-state index is -0.315. The van der Waals surface area contributed by atoms with Gasteiger partial charge in [0.2, 0.25) is 0 Å². The molecule has 1 atom stereocenters. The average Bonchev–Trinajstić information content (AvgIpc) is 2.82. The second-order valence-corrected chi connectivity index (χ2v) is 4.55. The molecule has 3 rings (SSSR count). The molecule has 0 bridgehead atoms. The highest BCUT2D eigenvalue weighted by Crippen LogP contribution is 2.31.